The summed E-state index contributed by atoms with van der Waals surface area (Å²) in [4.78, 5) is 13.4. The molecule has 0 aliphatic rings. The van der Waals surface area contributed by atoms with Crippen molar-refractivity contribution in [2.75, 3.05) is 18.8 Å². The third-order valence-electron chi connectivity index (χ3n) is 4.11. The van der Waals surface area contributed by atoms with Gasteiger partial charge in [-0.2, -0.15) is 11.8 Å². The van der Waals surface area contributed by atoms with Crippen LogP contribution in [-0.2, 0) is 10.5 Å². The highest BCUT2D eigenvalue weighted by Gasteiger charge is 2.15. The summed E-state index contributed by atoms with van der Waals surface area (Å²) in [5.41, 5.74) is 2.49. The van der Waals surface area contributed by atoms with Gasteiger partial charge < -0.3 is 5.32 Å². The Morgan fingerprint density at radius 3 is 2.41 bits per heavy atom. The van der Waals surface area contributed by atoms with Crippen LogP contribution in [-0.4, -0.2) is 24.7 Å². The predicted octanol–water partition coefficient (Wildman–Crippen LogP) is 4.48. The van der Waals surface area contributed by atoms with Crippen molar-refractivity contribution in [3.05, 3.63) is 94.2 Å². The van der Waals surface area contributed by atoms with Crippen LogP contribution in [0.5, 0.6) is 0 Å². The Labute approximate surface area is 169 Å². The molecule has 1 aromatic heterocycles. The molecule has 2 aromatic carbocycles. The highest BCUT2D eigenvalue weighted by atomic mass is 32.2. The van der Waals surface area contributed by atoms with Gasteiger partial charge in [0.05, 0.1) is 12.6 Å². The molecule has 0 spiro atoms. The van der Waals surface area contributed by atoms with Crippen LogP contribution >= 0.6 is 23.1 Å². The molecular weight excluding hydrogens is 372 g/mol. The minimum Gasteiger partial charge on any atom is -0.354 e. The van der Waals surface area contributed by atoms with Crippen LogP contribution in [0.2, 0.25) is 0 Å². The average Bonchev–Trinajstić information content (AvgIpc) is 3.24. The first-order chi connectivity index (χ1) is 13.3. The quantitative estimate of drug-likeness (QED) is 0.497. The van der Waals surface area contributed by atoms with Crippen molar-refractivity contribution < 1.29 is 4.79 Å². The molecular formula is C22H24N2OS2. The lowest BCUT2D eigenvalue weighted by atomic mass is 10.1. The molecule has 1 atom stereocenters. The molecule has 3 rings (SSSR count). The first-order valence-corrected chi connectivity index (χ1v) is 11.1. The lowest BCUT2D eigenvalue weighted by Crippen LogP contribution is -2.36. The van der Waals surface area contributed by atoms with Gasteiger partial charge in [0.2, 0.25) is 5.91 Å². The van der Waals surface area contributed by atoms with E-state index < -0.39 is 0 Å². The van der Waals surface area contributed by atoms with E-state index in [1.165, 1.54) is 16.0 Å². The second kappa shape index (κ2) is 10.9. The third kappa shape index (κ3) is 6.54. The molecule has 0 fully saturated rings. The smallest absolute Gasteiger partial charge is 0.234 e. The van der Waals surface area contributed by atoms with Gasteiger partial charge in [0.15, 0.2) is 0 Å². The molecule has 2 N–H and O–H groups in total. The number of nitrogens with one attached hydrogen (secondary N) is 2. The zero-order valence-corrected chi connectivity index (χ0v) is 16.8. The molecule has 0 bridgehead atoms. The molecule has 3 nitrogen and oxygen atoms in total. The molecule has 140 valence electrons. The van der Waals surface area contributed by atoms with Crippen molar-refractivity contribution in [3.63, 3.8) is 0 Å². The normalized spacial score (nSPS) is 11.9. The number of hydrogen-bond acceptors (Lipinski definition) is 4. The molecule has 0 saturated heterocycles. The van der Waals surface area contributed by atoms with Crippen molar-refractivity contribution in [3.8, 4) is 0 Å². The summed E-state index contributed by atoms with van der Waals surface area (Å²) >= 11 is 3.54. The number of hydrogen-bond donors (Lipinski definition) is 2. The Balaban J connectivity index is 1.40. The first kappa shape index (κ1) is 19.7. The maximum Gasteiger partial charge on any atom is 0.234 e. The van der Waals surface area contributed by atoms with E-state index in [0.717, 1.165) is 11.5 Å². The summed E-state index contributed by atoms with van der Waals surface area (Å²) in [6.07, 6.45) is 0. The third-order valence-corrected chi connectivity index (χ3v) is 6.07. The summed E-state index contributed by atoms with van der Waals surface area (Å²) in [6, 6.07) is 24.8. The zero-order valence-electron chi connectivity index (χ0n) is 15.1. The predicted molar refractivity (Wildman–Crippen MR) is 116 cm³/mol. The zero-order chi connectivity index (χ0) is 18.7. The number of carbonyl (C=O) groups is 1. The number of amides is 1. The Bertz CT molecular complexity index is 792. The van der Waals surface area contributed by atoms with Crippen molar-refractivity contribution in [1.29, 1.82) is 0 Å². The van der Waals surface area contributed by atoms with Crippen molar-refractivity contribution in [2.45, 2.75) is 11.8 Å². The average molecular weight is 397 g/mol. The molecule has 27 heavy (non-hydrogen) atoms. The summed E-state index contributed by atoms with van der Waals surface area (Å²) < 4.78 is 0. The van der Waals surface area contributed by atoms with E-state index in [-0.39, 0.29) is 11.9 Å². The molecule has 0 unspecified atom stereocenters. The number of carbonyl (C=O) groups excluding carboxylic acids is 1. The molecule has 0 aliphatic carbocycles. The summed E-state index contributed by atoms with van der Waals surface area (Å²) in [7, 11) is 0. The van der Waals surface area contributed by atoms with Gasteiger partial charge in [-0.1, -0.05) is 66.7 Å². The van der Waals surface area contributed by atoms with Crippen molar-refractivity contribution in [2.24, 2.45) is 0 Å². The highest BCUT2D eigenvalue weighted by molar-refractivity contribution is 7.98. The van der Waals surface area contributed by atoms with Crippen LogP contribution < -0.4 is 10.6 Å². The Morgan fingerprint density at radius 2 is 1.70 bits per heavy atom. The number of rotatable bonds is 10. The molecule has 1 amide bonds. The number of thioether (sulfide) groups is 1. The van der Waals surface area contributed by atoms with Crippen LogP contribution in [0.1, 0.15) is 22.0 Å². The summed E-state index contributed by atoms with van der Waals surface area (Å²) in [5, 5.41) is 8.47. The lowest BCUT2D eigenvalue weighted by molar-refractivity contribution is -0.120. The van der Waals surface area contributed by atoms with Crippen LogP contribution in [0, 0.1) is 0 Å². The van der Waals surface area contributed by atoms with Crippen LogP contribution in [0.3, 0.4) is 0 Å². The number of thiophene rings is 1. The maximum absolute atomic E-state index is 12.2. The lowest BCUT2D eigenvalue weighted by Gasteiger charge is -2.18. The van der Waals surface area contributed by atoms with Crippen LogP contribution in [0.4, 0.5) is 0 Å². The van der Waals surface area contributed by atoms with Gasteiger partial charge in [0.25, 0.3) is 0 Å². The first-order valence-electron chi connectivity index (χ1n) is 9.03. The highest BCUT2D eigenvalue weighted by Crippen LogP contribution is 2.25. The molecule has 0 saturated carbocycles. The van der Waals surface area contributed by atoms with Gasteiger partial charge in [0.1, 0.15) is 0 Å². The summed E-state index contributed by atoms with van der Waals surface area (Å²) in [6.45, 7) is 0.994. The Morgan fingerprint density at radius 1 is 0.963 bits per heavy atom. The fourth-order valence-electron chi connectivity index (χ4n) is 2.77. The minimum atomic E-state index is 0.0350. The van der Waals surface area contributed by atoms with Gasteiger partial charge >= 0.3 is 0 Å². The Hall–Kier alpha value is -2.08. The SMILES string of the molecule is O=C(CN[C@@H](c1ccccc1)c1cccs1)NCCSCc1ccccc1. The van der Waals surface area contributed by atoms with Crippen LogP contribution in [0.15, 0.2) is 78.2 Å². The molecule has 1 heterocycles. The van der Waals surface area contributed by atoms with Gasteiger partial charge in [-0.25, -0.2) is 0 Å². The van der Waals surface area contributed by atoms with Gasteiger partial charge in [-0.15, -0.1) is 11.3 Å². The monoisotopic (exact) mass is 396 g/mol. The largest absolute Gasteiger partial charge is 0.354 e. The van der Waals surface area contributed by atoms with E-state index in [9.17, 15) is 4.79 Å². The summed E-state index contributed by atoms with van der Waals surface area (Å²) in [5.74, 6) is 1.92. The topological polar surface area (TPSA) is 41.1 Å². The minimum absolute atomic E-state index is 0.0350. The Kier molecular flexibility index (Phi) is 7.96. The fourth-order valence-corrected chi connectivity index (χ4v) is 4.41. The van der Waals surface area contributed by atoms with Gasteiger partial charge in [-0.3, -0.25) is 10.1 Å². The molecule has 0 radical (unpaired) electrons. The molecule has 0 aliphatic heterocycles. The van der Waals surface area contributed by atoms with Crippen molar-refractivity contribution >= 4 is 29.0 Å². The van der Waals surface area contributed by atoms with E-state index in [2.05, 4.69) is 58.5 Å². The van der Waals surface area contributed by atoms with Crippen molar-refractivity contribution in [1.82, 2.24) is 10.6 Å². The van der Waals surface area contributed by atoms with Gasteiger partial charge in [-0.05, 0) is 22.6 Å². The fraction of sp³-hybridized carbons (Fsp3) is 0.227. The van der Waals surface area contributed by atoms with E-state index in [0.29, 0.717) is 13.1 Å². The maximum atomic E-state index is 12.2. The van der Waals surface area contributed by atoms with Crippen LogP contribution in [0.25, 0.3) is 0 Å². The second-order valence-electron chi connectivity index (χ2n) is 6.13. The second-order valence-corrected chi connectivity index (χ2v) is 8.21. The molecule has 3 aromatic rings. The van der Waals surface area contributed by atoms with E-state index in [4.69, 9.17) is 0 Å². The van der Waals surface area contributed by atoms with E-state index >= 15 is 0 Å². The van der Waals surface area contributed by atoms with E-state index in [1.54, 1.807) is 11.3 Å². The standard InChI is InChI=1S/C22H24N2OS2/c25-21(23-13-15-26-17-18-8-3-1-4-9-18)16-24-22(20-12-7-14-27-20)19-10-5-2-6-11-19/h1-12,14,22,24H,13,15-17H2,(H,23,25)/t22-/m0/s1. The number of benzene rings is 2. The van der Waals surface area contributed by atoms with E-state index in [1.807, 2.05) is 42.1 Å². The van der Waals surface area contributed by atoms with Gasteiger partial charge in [0, 0.05) is 22.9 Å². The molecule has 5 heteroatoms.